The Kier molecular flexibility index (Phi) is 3.94. The van der Waals surface area contributed by atoms with Gasteiger partial charge in [0.1, 0.15) is 0 Å². The summed E-state index contributed by atoms with van der Waals surface area (Å²) >= 11 is 1.47. The maximum absolute atomic E-state index is 12.9. The molecule has 0 unspecified atom stereocenters. The van der Waals surface area contributed by atoms with E-state index in [0.717, 1.165) is 16.6 Å². The molecule has 6 heteroatoms. The minimum absolute atomic E-state index is 0.0801. The Morgan fingerprint density at radius 1 is 1.25 bits per heavy atom. The van der Waals surface area contributed by atoms with Crippen molar-refractivity contribution in [1.82, 2.24) is 0 Å². The number of halogens is 3. The standard InChI is InChI=1S/C14H13F3NOS/c1-9-10(2)20-8-18(9)7-13(19)11-5-3-4-6-12(11)14(15,16)17/h3-6,8H,7H2,1-2H3/q+1. The molecule has 0 spiro atoms. The van der Waals surface area contributed by atoms with Crippen LogP contribution in [0.1, 0.15) is 26.5 Å². The van der Waals surface area contributed by atoms with Gasteiger partial charge in [-0.05, 0) is 13.0 Å². The third-order valence-corrected chi connectivity index (χ3v) is 4.15. The van der Waals surface area contributed by atoms with E-state index >= 15 is 0 Å². The molecule has 0 aliphatic rings. The van der Waals surface area contributed by atoms with Crippen LogP contribution in [0, 0.1) is 13.8 Å². The maximum Gasteiger partial charge on any atom is 0.417 e. The lowest BCUT2D eigenvalue weighted by atomic mass is 10.0. The predicted molar refractivity (Wildman–Crippen MR) is 69.8 cm³/mol. The van der Waals surface area contributed by atoms with E-state index in [9.17, 15) is 18.0 Å². The number of rotatable bonds is 3. The van der Waals surface area contributed by atoms with Gasteiger partial charge in [0.2, 0.25) is 17.8 Å². The highest BCUT2D eigenvalue weighted by Crippen LogP contribution is 2.32. The van der Waals surface area contributed by atoms with Crippen molar-refractivity contribution in [2.75, 3.05) is 0 Å². The number of hydrogen-bond acceptors (Lipinski definition) is 2. The molecule has 0 atom stereocenters. The molecule has 0 aliphatic carbocycles. The van der Waals surface area contributed by atoms with Crippen LogP contribution in [-0.4, -0.2) is 5.78 Å². The highest BCUT2D eigenvalue weighted by Gasteiger charge is 2.35. The first-order valence-electron chi connectivity index (χ1n) is 5.94. The lowest BCUT2D eigenvalue weighted by Gasteiger charge is -2.10. The summed E-state index contributed by atoms with van der Waals surface area (Å²) in [5, 5.41) is 0. The third-order valence-electron chi connectivity index (χ3n) is 3.14. The first kappa shape index (κ1) is 14.7. The molecular weight excluding hydrogens is 287 g/mol. The molecule has 0 N–H and O–H groups in total. The van der Waals surface area contributed by atoms with Crippen LogP contribution >= 0.6 is 11.3 Å². The van der Waals surface area contributed by atoms with Gasteiger partial charge in [-0.3, -0.25) is 4.79 Å². The molecule has 0 saturated heterocycles. The summed E-state index contributed by atoms with van der Waals surface area (Å²) in [6, 6.07) is 4.88. The summed E-state index contributed by atoms with van der Waals surface area (Å²) < 4.78 is 40.3. The summed E-state index contributed by atoms with van der Waals surface area (Å²) in [4.78, 5) is 13.2. The number of carbonyl (C=O) groups excluding carboxylic acids is 1. The fourth-order valence-corrected chi connectivity index (χ4v) is 2.68. The summed E-state index contributed by atoms with van der Waals surface area (Å²) in [6.07, 6.45) is -4.52. The van der Waals surface area contributed by atoms with Crippen molar-refractivity contribution in [2.24, 2.45) is 0 Å². The largest absolute Gasteiger partial charge is 0.417 e. The molecule has 1 aromatic carbocycles. The van der Waals surface area contributed by atoms with Crippen molar-refractivity contribution in [2.45, 2.75) is 26.6 Å². The molecule has 0 bridgehead atoms. The molecule has 2 rings (SSSR count). The summed E-state index contributed by atoms with van der Waals surface area (Å²) in [5.74, 6) is -0.538. The topological polar surface area (TPSA) is 20.9 Å². The van der Waals surface area contributed by atoms with Crippen LogP contribution in [0.4, 0.5) is 13.2 Å². The fraction of sp³-hybridized carbons (Fsp3) is 0.286. The van der Waals surface area contributed by atoms with E-state index in [2.05, 4.69) is 0 Å². The minimum atomic E-state index is -4.52. The Labute approximate surface area is 118 Å². The number of nitrogens with zero attached hydrogens (tertiary/aromatic N) is 1. The molecule has 2 aromatic rings. The highest BCUT2D eigenvalue weighted by molar-refractivity contribution is 7.09. The Hall–Kier alpha value is -1.69. The maximum atomic E-state index is 12.9. The Morgan fingerprint density at radius 2 is 1.90 bits per heavy atom. The van der Waals surface area contributed by atoms with Gasteiger partial charge < -0.3 is 0 Å². The minimum Gasteiger partial charge on any atom is -0.287 e. The molecule has 0 aliphatic heterocycles. The van der Waals surface area contributed by atoms with Gasteiger partial charge in [-0.2, -0.15) is 17.7 Å². The SMILES string of the molecule is Cc1sc[n+](CC(=O)c2ccccc2C(F)(F)F)c1C. The number of carbonyl (C=O) groups is 1. The van der Waals surface area contributed by atoms with E-state index < -0.39 is 17.5 Å². The predicted octanol–water partition coefficient (Wildman–Crippen LogP) is 3.55. The van der Waals surface area contributed by atoms with Crippen LogP contribution in [0.5, 0.6) is 0 Å². The van der Waals surface area contributed by atoms with Crippen molar-refractivity contribution < 1.29 is 22.5 Å². The zero-order chi connectivity index (χ0) is 14.9. The van der Waals surface area contributed by atoms with Gasteiger partial charge in [-0.1, -0.05) is 29.5 Å². The number of ketones is 1. The van der Waals surface area contributed by atoms with Crippen LogP contribution in [0.15, 0.2) is 29.8 Å². The number of aryl methyl sites for hydroxylation is 1. The van der Waals surface area contributed by atoms with E-state index in [1.165, 1.54) is 29.5 Å². The quantitative estimate of drug-likeness (QED) is 0.627. The van der Waals surface area contributed by atoms with E-state index in [1.807, 2.05) is 13.8 Å². The Bertz CT molecular complexity index is 646. The normalized spacial score (nSPS) is 11.7. The molecule has 20 heavy (non-hydrogen) atoms. The lowest BCUT2D eigenvalue weighted by molar-refractivity contribution is -0.684. The zero-order valence-corrected chi connectivity index (χ0v) is 11.8. The molecule has 2 nitrogen and oxygen atoms in total. The number of aromatic nitrogens is 1. The summed E-state index contributed by atoms with van der Waals surface area (Å²) in [6.45, 7) is 3.67. The van der Waals surface area contributed by atoms with E-state index in [1.54, 1.807) is 10.1 Å². The smallest absolute Gasteiger partial charge is 0.287 e. The number of benzene rings is 1. The highest BCUT2D eigenvalue weighted by atomic mass is 32.1. The fourth-order valence-electron chi connectivity index (χ4n) is 1.88. The number of hydrogen-bond donors (Lipinski definition) is 0. The van der Waals surface area contributed by atoms with Gasteiger partial charge in [0.15, 0.2) is 5.69 Å². The van der Waals surface area contributed by atoms with Gasteiger partial charge >= 0.3 is 6.18 Å². The van der Waals surface area contributed by atoms with Gasteiger partial charge in [0.25, 0.3) is 0 Å². The van der Waals surface area contributed by atoms with Crippen LogP contribution in [-0.2, 0) is 12.7 Å². The van der Waals surface area contributed by atoms with Gasteiger partial charge in [0, 0.05) is 12.5 Å². The molecule has 0 radical (unpaired) electrons. The number of alkyl halides is 3. The van der Waals surface area contributed by atoms with Crippen LogP contribution in [0.3, 0.4) is 0 Å². The average Bonchev–Trinajstić information content (AvgIpc) is 2.70. The average molecular weight is 300 g/mol. The third kappa shape index (κ3) is 2.90. The second-order valence-corrected chi connectivity index (χ2v) is 5.52. The molecule has 1 heterocycles. The van der Waals surface area contributed by atoms with E-state index in [4.69, 9.17) is 0 Å². The van der Waals surface area contributed by atoms with Gasteiger partial charge in [-0.25, -0.2) is 0 Å². The first-order valence-corrected chi connectivity index (χ1v) is 6.82. The monoisotopic (exact) mass is 300 g/mol. The molecule has 0 amide bonds. The van der Waals surface area contributed by atoms with Crippen molar-refractivity contribution in [3.63, 3.8) is 0 Å². The van der Waals surface area contributed by atoms with Crippen molar-refractivity contribution in [3.05, 3.63) is 51.5 Å². The molecule has 0 fully saturated rings. The molecule has 1 aromatic heterocycles. The molecule has 106 valence electrons. The van der Waals surface area contributed by atoms with Crippen LogP contribution < -0.4 is 4.57 Å². The van der Waals surface area contributed by atoms with E-state index in [-0.39, 0.29) is 12.1 Å². The lowest BCUT2D eigenvalue weighted by Crippen LogP contribution is -2.39. The van der Waals surface area contributed by atoms with Crippen molar-refractivity contribution in [1.29, 1.82) is 0 Å². The van der Waals surface area contributed by atoms with E-state index in [0.29, 0.717) is 0 Å². The molecule has 0 saturated carbocycles. The summed E-state index contributed by atoms with van der Waals surface area (Å²) in [7, 11) is 0. The van der Waals surface area contributed by atoms with Crippen LogP contribution in [0.2, 0.25) is 0 Å². The van der Waals surface area contributed by atoms with Crippen LogP contribution in [0.25, 0.3) is 0 Å². The Balaban J connectivity index is 2.33. The zero-order valence-electron chi connectivity index (χ0n) is 11.0. The number of thiazole rings is 1. The number of Topliss-reactive ketones (excluding diaryl/α,β-unsaturated/α-hetero) is 1. The Morgan fingerprint density at radius 3 is 2.45 bits per heavy atom. The second-order valence-electron chi connectivity index (χ2n) is 4.46. The molecular formula is C14H13F3NOS+. The van der Waals surface area contributed by atoms with Crippen molar-refractivity contribution in [3.8, 4) is 0 Å². The van der Waals surface area contributed by atoms with Crippen molar-refractivity contribution >= 4 is 17.1 Å². The second kappa shape index (κ2) is 5.36. The van der Waals surface area contributed by atoms with Gasteiger partial charge in [-0.15, -0.1) is 0 Å². The van der Waals surface area contributed by atoms with Gasteiger partial charge in [0.05, 0.1) is 10.4 Å². The first-order chi connectivity index (χ1) is 9.30. The summed E-state index contributed by atoms with van der Waals surface area (Å²) in [5.41, 5.74) is 1.48.